The monoisotopic (exact) mass is 581 g/mol. The highest BCUT2D eigenvalue weighted by atomic mass is 19.1. The molecule has 1 spiro atoms. The number of rotatable bonds is 16. The number of nitrogens with one attached hydrogen (secondary N) is 1. The van der Waals surface area contributed by atoms with Crippen LogP contribution in [0, 0.1) is 23.1 Å². The van der Waals surface area contributed by atoms with Crippen molar-refractivity contribution < 1.29 is 44.2 Å². The minimum absolute atomic E-state index is 0.0385. The normalized spacial score (nSPS) is 23.0. The van der Waals surface area contributed by atoms with Gasteiger partial charge in [-0.2, -0.15) is 0 Å². The van der Waals surface area contributed by atoms with Gasteiger partial charge in [-0.05, 0) is 55.1 Å². The molecular formula is C29H44FN3O8. The summed E-state index contributed by atoms with van der Waals surface area (Å²) in [4.78, 5) is 27.0. The van der Waals surface area contributed by atoms with Crippen molar-refractivity contribution >= 4 is 12.3 Å². The number of nitrogens with zero attached hydrogens (tertiary/aromatic N) is 2. The Labute approximate surface area is 239 Å². The van der Waals surface area contributed by atoms with Gasteiger partial charge in [-0.25, -0.2) is 4.39 Å². The lowest BCUT2D eigenvalue weighted by atomic mass is 9.90. The maximum atomic E-state index is 14.7. The van der Waals surface area contributed by atoms with E-state index in [0.29, 0.717) is 48.9 Å². The van der Waals surface area contributed by atoms with Crippen LogP contribution in [-0.4, -0.2) is 125 Å². The van der Waals surface area contributed by atoms with E-state index in [9.17, 15) is 34.4 Å². The van der Waals surface area contributed by atoms with Crippen LogP contribution in [0.25, 0.3) is 0 Å². The van der Waals surface area contributed by atoms with Crippen LogP contribution < -0.4 is 10.1 Å². The summed E-state index contributed by atoms with van der Waals surface area (Å²) >= 11 is 0. The van der Waals surface area contributed by atoms with Crippen LogP contribution >= 0.6 is 0 Å². The van der Waals surface area contributed by atoms with E-state index in [2.05, 4.69) is 5.32 Å². The molecule has 1 unspecified atom stereocenters. The number of hydrogen-bond acceptors (Lipinski definition) is 9. The summed E-state index contributed by atoms with van der Waals surface area (Å²) in [5.41, 5.74) is 0.724. The smallest absolute Gasteiger partial charge is 0.227 e. The number of aliphatic hydroxyl groups is 5. The molecule has 2 saturated heterocycles. The third kappa shape index (κ3) is 8.14. The van der Waals surface area contributed by atoms with Gasteiger partial charge in [0.15, 0.2) is 0 Å². The maximum Gasteiger partial charge on any atom is 0.227 e. The number of aliphatic hydroxyl groups excluding tert-OH is 5. The molecule has 2 aliphatic heterocycles. The van der Waals surface area contributed by atoms with Crippen LogP contribution in [-0.2, 0) is 16.0 Å². The standard InChI is InChI=1S/C29H44FN3O8/c30-23-11-22(41-9-1-2-21-12-29(21)5-7-32(18-35)8-6-29)4-3-20(23)10-26(38)33-15-19(16-33)13-31-14-24(36)27(39)28(40)25(37)17-34/h3-4,11,18-19,21,24-25,27-28,31,34,36-37,39-40H,1-2,5-10,12-17H2/t21?,24-,25+,27+,28+/m0/s1. The van der Waals surface area contributed by atoms with Crippen LogP contribution in [0.2, 0.25) is 0 Å². The first-order chi connectivity index (χ1) is 19.7. The van der Waals surface area contributed by atoms with Gasteiger partial charge in [0.25, 0.3) is 0 Å². The molecule has 2 heterocycles. The Morgan fingerprint density at radius 3 is 2.51 bits per heavy atom. The van der Waals surface area contributed by atoms with Crippen molar-refractivity contribution in [1.82, 2.24) is 15.1 Å². The van der Waals surface area contributed by atoms with Crippen molar-refractivity contribution in [3.05, 3.63) is 29.6 Å². The molecule has 0 radical (unpaired) electrons. The van der Waals surface area contributed by atoms with Gasteiger partial charge < -0.3 is 45.4 Å². The molecule has 1 saturated carbocycles. The first-order valence-corrected chi connectivity index (χ1v) is 14.6. The number of hydrogen-bond donors (Lipinski definition) is 6. The Kier molecular flexibility index (Phi) is 10.9. The van der Waals surface area contributed by atoms with Gasteiger partial charge in [0, 0.05) is 51.3 Å². The predicted molar refractivity (Wildman–Crippen MR) is 146 cm³/mol. The zero-order valence-electron chi connectivity index (χ0n) is 23.4. The largest absolute Gasteiger partial charge is 0.493 e. The van der Waals surface area contributed by atoms with Gasteiger partial charge in [0.2, 0.25) is 12.3 Å². The lowest BCUT2D eigenvalue weighted by Crippen LogP contribution is -2.55. The van der Waals surface area contributed by atoms with Crippen molar-refractivity contribution in [2.75, 3.05) is 52.5 Å². The third-order valence-electron chi connectivity index (χ3n) is 9.06. The summed E-state index contributed by atoms with van der Waals surface area (Å²) in [6.45, 7) is 2.87. The van der Waals surface area contributed by atoms with Gasteiger partial charge in [0.05, 0.1) is 25.7 Å². The van der Waals surface area contributed by atoms with Crippen molar-refractivity contribution in [3.8, 4) is 5.75 Å². The highest BCUT2D eigenvalue weighted by Crippen LogP contribution is 2.61. The molecule has 0 aromatic heterocycles. The molecule has 3 aliphatic rings. The number of amides is 2. The van der Waals surface area contributed by atoms with E-state index < -0.39 is 36.8 Å². The van der Waals surface area contributed by atoms with E-state index >= 15 is 0 Å². The van der Waals surface area contributed by atoms with Crippen molar-refractivity contribution in [3.63, 3.8) is 0 Å². The fraction of sp³-hybridized carbons (Fsp3) is 0.724. The molecule has 12 heteroatoms. The highest BCUT2D eigenvalue weighted by Gasteiger charge is 2.53. The Bertz CT molecular complexity index is 1020. The number of carbonyl (C=O) groups is 2. The van der Waals surface area contributed by atoms with Crippen molar-refractivity contribution in [1.29, 1.82) is 0 Å². The molecule has 1 aromatic rings. The molecule has 1 aromatic carbocycles. The second-order valence-electron chi connectivity index (χ2n) is 11.9. The molecule has 11 nitrogen and oxygen atoms in total. The summed E-state index contributed by atoms with van der Waals surface area (Å²) in [5.74, 6) is 0.616. The Balaban J connectivity index is 1.08. The van der Waals surface area contributed by atoms with E-state index in [1.54, 1.807) is 17.0 Å². The average molecular weight is 582 g/mol. The van der Waals surface area contributed by atoms with Gasteiger partial charge in [-0.15, -0.1) is 0 Å². The van der Waals surface area contributed by atoms with Crippen LogP contribution in [0.5, 0.6) is 5.75 Å². The Morgan fingerprint density at radius 1 is 1.15 bits per heavy atom. The second kappa shape index (κ2) is 14.2. The second-order valence-corrected chi connectivity index (χ2v) is 11.9. The first-order valence-electron chi connectivity index (χ1n) is 14.6. The minimum atomic E-state index is -1.67. The molecule has 4 rings (SSSR count). The zero-order valence-corrected chi connectivity index (χ0v) is 23.4. The van der Waals surface area contributed by atoms with E-state index in [1.807, 2.05) is 4.90 Å². The molecule has 41 heavy (non-hydrogen) atoms. The molecule has 0 bridgehead atoms. The van der Waals surface area contributed by atoms with Gasteiger partial charge in [-0.3, -0.25) is 9.59 Å². The molecule has 1 aliphatic carbocycles. The average Bonchev–Trinajstić information content (AvgIpc) is 3.63. The van der Waals surface area contributed by atoms with Crippen molar-refractivity contribution in [2.24, 2.45) is 17.3 Å². The quantitative estimate of drug-likeness (QED) is 0.109. The van der Waals surface area contributed by atoms with E-state index in [-0.39, 0.29) is 24.8 Å². The van der Waals surface area contributed by atoms with Gasteiger partial charge in [-0.1, -0.05) is 6.07 Å². The number of likely N-dealkylation sites (tertiary alicyclic amines) is 2. The predicted octanol–water partition coefficient (Wildman–Crippen LogP) is -0.730. The summed E-state index contributed by atoms with van der Waals surface area (Å²) in [5, 5.41) is 50.6. The third-order valence-corrected chi connectivity index (χ3v) is 9.06. The Hall–Kier alpha value is -2.35. The van der Waals surface area contributed by atoms with Gasteiger partial charge in [0.1, 0.15) is 29.9 Å². The number of carbonyl (C=O) groups excluding carboxylic acids is 2. The minimum Gasteiger partial charge on any atom is -0.493 e. The Morgan fingerprint density at radius 2 is 1.85 bits per heavy atom. The lowest BCUT2D eigenvalue weighted by Gasteiger charge is -2.39. The summed E-state index contributed by atoms with van der Waals surface area (Å²) in [6, 6.07) is 4.61. The van der Waals surface area contributed by atoms with Gasteiger partial charge >= 0.3 is 0 Å². The van der Waals surface area contributed by atoms with Crippen LogP contribution in [0.15, 0.2) is 18.2 Å². The number of ether oxygens (including phenoxy) is 1. The molecule has 3 fully saturated rings. The maximum absolute atomic E-state index is 14.7. The highest BCUT2D eigenvalue weighted by molar-refractivity contribution is 5.79. The number of benzene rings is 1. The molecule has 5 atom stereocenters. The van der Waals surface area contributed by atoms with Crippen LogP contribution in [0.1, 0.15) is 37.7 Å². The molecule has 2 amide bonds. The van der Waals surface area contributed by atoms with Crippen LogP contribution in [0.3, 0.4) is 0 Å². The summed E-state index contributed by atoms with van der Waals surface area (Å²) in [6.07, 6.45) is 0.0552. The zero-order chi connectivity index (χ0) is 29.6. The molecular weight excluding hydrogens is 537 g/mol. The fourth-order valence-electron chi connectivity index (χ4n) is 6.10. The summed E-state index contributed by atoms with van der Waals surface area (Å²) in [7, 11) is 0. The topological polar surface area (TPSA) is 163 Å². The van der Waals surface area contributed by atoms with E-state index in [1.165, 1.54) is 12.5 Å². The molecule has 230 valence electrons. The summed E-state index contributed by atoms with van der Waals surface area (Å²) < 4.78 is 20.4. The number of piperidine rings is 1. The number of halogens is 1. The molecule has 6 N–H and O–H groups in total. The van der Waals surface area contributed by atoms with Crippen molar-refractivity contribution in [2.45, 2.75) is 62.9 Å². The SMILES string of the molecule is O=CN1CCC2(CC1)CC2CCCOc1ccc(CC(=O)N2CC(CNC[C@H](O)[C@@H](O)[C@H](O)[C@H](O)CO)C2)c(F)c1. The van der Waals surface area contributed by atoms with Crippen LogP contribution in [0.4, 0.5) is 4.39 Å². The fourth-order valence-corrected chi connectivity index (χ4v) is 6.10. The van der Waals surface area contributed by atoms with E-state index in [0.717, 1.165) is 45.2 Å². The first kappa shape index (κ1) is 31.6. The lowest BCUT2D eigenvalue weighted by molar-refractivity contribution is -0.136. The van der Waals surface area contributed by atoms with E-state index in [4.69, 9.17) is 9.84 Å².